The minimum absolute atomic E-state index is 0.0454. The van der Waals surface area contributed by atoms with E-state index in [1.807, 2.05) is 24.3 Å². The second-order valence-corrected chi connectivity index (χ2v) is 7.54. The Kier molecular flexibility index (Phi) is 3.30. The van der Waals surface area contributed by atoms with E-state index in [9.17, 15) is 13.2 Å². The molecule has 5 nitrogen and oxygen atoms in total. The van der Waals surface area contributed by atoms with Crippen LogP contribution in [-0.2, 0) is 14.8 Å². The van der Waals surface area contributed by atoms with Gasteiger partial charge in [-0.15, -0.1) is 0 Å². The van der Waals surface area contributed by atoms with E-state index in [0.717, 1.165) is 24.1 Å². The Morgan fingerprint density at radius 2 is 1.85 bits per heavy atom. The molecule has 2 heterocycles. The lowest BCUT2D eigenvalue weighted by atomic mass is 9.81. The molecule has 1 saturated heterocycles. The van der Waals surface area contributed by atoms with Crippen molar-refractivity contribution in [2.24, 2.45) is 5.92 Å². The second kappa shape index (κ2) is 4.86. The number of nitrogens with one attached hydrogen (secondary N) is 1. The zero-order chi connectivity index (χ0) is 14.3. The number of carbonyl (C=O) groups is 1. The lowest BCUT2D eigenvalue weighted by Gasteiger charge is -2.32. The van der Waals surface area contributed by atoms with E-state index in [1.54, 1.807) is 0 Å². The van der Waals surface area contributed by atoms with Gasteiger partial charge in [0.2, 0.25) is 15.9 Å². The molecular weight excluding hydrogens is 276 g/mol. The highest BCUT2D eigenvalue weighted by Crippen LogP contribution is 2.41. The molecule has 1 amide bonds. The van der Waals surface area contributed by atoms with Gasteiger partial charge in [-0.2, -0.15) is 0 Å². The van der Waals surface area contributed by atoms with Crippen molar-refractivity contribution in [2.45, 2.75) is 18.8 Å². The van der Waals surface area contributed by atoms with Gasteiger partial charge in [-0.25, -0.2) is 12.7 Å². The molecule has 20 heavy (non-hydrogen) atoms. The van der Waals surface area contributed by atoms with Crippen LogP contribution in [0.3, 0.4) is 0 Å². The highest BCUT2D eigenvalue weighted by atomic mass is 32.2. The third-order valence-corrected chi connectivity index (χ3v) is 5.58. The quantitative estimate of drug-likeness (QED) is 0.896. The van der Waals surface area contributed by atoms with Crippen molar-refractivity contribution in [2.75, 3.05) is 24.7 Å². The van der Waals surface area contributed by atoms with Crippen molar-refractivity contribution in [1.29, 1.82) is 0 Å². The molecule has 0 aromatic heterocycles. The lowest BCUT2D eigenvalue weighted by molar-refractivity contribution is -0.118. The molecule has 1 aromatic rings. The fourth-order valence-electron chi connectivity index (χ4n) is 3.24. The van der Waals surface area contributed by atoms with Gasteiger partial charge in [0.25, 0.3) is 0 Å². The van der Waals surface area contributed by atoms with Gasteiger partial charge in [-0.05, 0) is 30.4 Å². The van der Waals surface area contributed by atoms with E-state index in [1.165, 1.54) is 10.6 Å². The van der Waals surface area contributed by atoms with E-state index in [4.69, 9.17) is 0 Å². The van der Waals surface area contributed by atoms with Crippen LogP contribution in [0, 0.1) is 5.92 Å². The SMILES string of the molecule is CS(=O)(=O)N1CCC(C2C(=O)Nc3ccccc32)CC1. The Bertz CT molecular complexity index is 634. The third kappa shape index (κ3) is 2.33. The molecule has 0 radical (unpaired) electrons. The average molecular weight is 294 g/mol. The van der Waals surface area contributed by atoms with Gasteiger partial charge in [0.05, 0.1) is 12.2 Å². The maximum Gasteiger partial charge on any atom is 0.232 e. The number of piperidine rings is 1. The first-order chi connectivity index (χ1) is 9.47. The van der Waals surface area contributed by atoms with Crippen LogP contribution in [0.1, 0.15) is 24.3 Å². The normalized spacial score (nSPS) is 24.4. The van der Waals surface area contributed by atoms with Crippen molar-refractivity contribution < 1.29 is 13.2 Å². The zero-order valence-electron chi connectivity index (χ0n) is 11.4. The summed E-state index contributed by atoms with van der Waals surface area (Å²) in [6, 6.07) is 7.76. The number of fused-ring (bicyclic) bond motifs is 1. The standard InChI is InChI=1S/C14H18N2O3S/c1-20(18,19)16-8-6-10(7-9-16)13-11-4-2-3-5-12(11)15-14(13)17/h2-5,10,13H,6-9H2,1H3,(H,15,17). The lowest BCUT2D eigenvalue weighted by Crippen LogP contribution is -2.40. The summed E-state index contributed by atoms with van der Waals surface area (Å²) in [5.41, 5.74) is 1.95. The maximum absolute atomic E-state index is 12.2. The number of rotatable bonds is 2. The van der Waals surface area contributed by atoms with Crippen LogP contribution in [-0.4, -0.2) is 38.0 Å². The number of hydrogen-bond donors (Lipinski definition) is 1. The Hall–Kier alpha value is -1.40. The summed E-state index contributed by atoms with van der Waals surface area (Å²) in [6.07, 6.45) is 2.71. The minimum atomic E-state index is -3.11. The summed E-state index contributed by atoms with van der Waals surface area (Å²) in [4.78, 5) is 12.2. The molecule has 1 atom stereocenters. The van der Waals surface area contributed by atoms with Crippen molar-refractivity contribution >= 4 is 21.6 Å². The monoisotopic (exact) mass is 294 g/mol. The minimum Gasteiger partial charge on any atom is -0.325 e. The molecule has 6 heteroatoms. The summed E-state index contributed by atoms with van der Waals surface area (Å²) in [6.45, 7) is 1.02. The van der Waals surface area contributed by atoms with Gasteiger partial charge < -0.3 is 5.32 Å². The number of nitrogens with zero attached hydrogens (tertiary/aromatic N) is 1. The van der Waals surface area contributed by atoms with E-state index < -0.39 is 10.0 Å². The summed E-state index contributed by atoms with van der Waals surface area (Å²) < 4.78 is 24.5. The molecule has 1 N–H and O–H groups in total. The molecule has 108 valence electrons. The molecule has 1 fully saturated rings. The van der Waals surface area contributed by atoms with Crippen LogP contribution in [0.4, 0.5) is 5.69 Å². The molecular formula is C14H18N2O3S. The largest absolute Gasteiger partial charge is 0.325 e. The zero-order valence-corrected chi connectivity index (χ0v) is 12.2. The van der Waals surface area contributed by atoms with E-state index in [-0.39, 0.29) is 17.7 Å². The Morgan fingerprint density at radius 3 is 2.50 bits per heavy atom. The van der Waals surface area contributed by atoms with Crippen LogP contribution in [0.25, 0.3) is 0 Å². The maximum atomic E-state index is 12.2. The van der Waals surface area contributed by atoms with Crippen LogP contribution in [0.15, 0.2) is 24.3 Å². The van der Waals surface area contributed by atoms with Crippen molar-refractivity contribution in [3.63, 3.8) is 0 Å². The van der Waals surface area contributed by atoms with Gasteiger partial charge >= 0.3 is 0 Å². The molecule has 2 aliphatic heterocycles. The molecule has 1 aromatic carbocycles. The van der Waals surface area contributed by atoms with Crippen molar-refractivity contribution in [3.05, 3.63) is 29.8 Å². The predicted octanol–water partition coefficient (Wildman–Crippen LogP) is 1.39. The highest BCUT2D eigenvalue weighted by molar-refractivity contribution is 7.88. The Balaban J connectivity index is 1.78. The van der Waals surface area contributed by atoms with Crippen LogP contribution >= 0.6 is 0 Å². The molecule has 0 aliphatic carbocycles. The topological polar surface area (TPSA) is 66.5 Å². The predicted molar refractivity (Wildman–Crippen MR) is 77.0 cm³/mol. The number of para-hydroxylation sites is 1. The van der Waals surface area contributed by atoms with Gasteiger partial charge in [0.1, 0.15) is 0 Å². The molecule has 3 rings (SSSR count). The van der Waals surface area contributed by atoms with Gasteiger partial charge in [0, 0.05) is 18.8 Å². The molecule has 0 saturated carbocycles. The summed E-state index contributed by atoms with van der Waals surface area (Å²) in [5, 5.41) is 2.92. The second-order valence-electron chi connectivity index (χ2n) is 5.55. The number of carbonyl (C=O) groups excluding carboxylic acids is 1. The van der Waals surface area contributed by atoms with Gasteiger partial charge in [-0.3, -0.25) is 4.79 Å². The van der Waals surface area contributed by atoms with Crippen molar-refractivity contribution in [1.82, 2.24) is 4.31 Å². The average Bonchev–Trinajstić information content (AvgIpc) is 2.73. The first-order valence-corrected chi connectivity index (χ1v) is 8.66. The fourth-order valence-corrected chi connectivity index (χ4v) is 4.12. The smallest absolute Gasteiger partial charge is 0.232 e. The number of hydrogen-bond acceptors (Lipinski definition) is 3. The summed E-state index contributed by atoms with van der Waals surface area (Å²) in [7, 11) is -3.11. The number of anilines is 1. The van der Waals surface area contributed by atoms with Crippen LogP contribution < -0.4 is 5.32 Å². The molecule has 2 aliphatic rings. The Morgan fingerprint density at radius 1 is 1.20 bits per heavy atom. The summed E-state index contributed by atoms with van der Waals surface area (Å²) in [5.74, 6) is 0.133. The Labute approximate surface area is 119 Å². The number of sulfonamides is 1. The summed E-state index contributed by atoms with van der Waals surface area (Å²) >= 11 is 0. The molecule has 0 spiro atoms. The molecule has 1 unspecified atom stereocenters. The van der Waals surface area contributed by atoms with Gasteiger partial charge in [-0.1, -0.05) is 18.2 Å². The van der Waals surface area contributed by atoms with Crippen molar-refractivity contribution in [3.8, 4) is 0 Å². The van der Waals surface area contributed by atoms with Gasteiger partial charge in [0.15, 0.2) is 0 Å². The van der Waals surface area contributed by atoms with E-state index >= 15 is 0 Å². The van der Waals surface area contributed by atoms with E-state index in [0.29, 0.717) is 13.1 Å². The third-order valence-electron chi connectivity index (χ3n) is 4.28. The first kappa shape index (κ1) is 13.6. The number of benzene rings is 1. The highest BCUT2D eigenvalue weighted by Gasteiger charge is 2.38. The van der Waals surface area contributed by atoms with E-state index in [2.05, 4.69) is 5.32 Å². The first-order valence-electron chi connectivity index (χ1n) is 6.82. The van der Waals surface area contributed by atoms with Crippen LogP contribution in [0.5, 0.6) is 0 Å². The number of amides is 1. The van der Waals surface area contributed by atoms with Crippen LogP contribution in [0.2, 0.25) is 0 Å². The fraction of sp³-hybridized carbons (Fsp3) is 0.500. The molecule has 0 bridgehead atoms.